The third-order valence-corrected chi connectivity index (χ3v) is 4.35. The molecule has 0 saturated carbocycles. The van der Waals surface area contributed by atoms with Gasteiger partial charge in [-0.15, -0.1) is 0 Å². The van der Waals surface area contributed by atoms with Crippen LogP contribution in [-0.4, -0.2) is 40.1 Å². The molecule has 1 amide bonds. The number of aromatic nitrogens is 1. The molecule has 23 heavy (non-hydrogen) atoms. The molecule has 0 aliphatic carbocycles. The summed E-state index contributed by atoms with van der Waals surface area (Å²) in [5, 5.41) is 10.2. The highest BCUT2D eigenvalue weighted by Crippen LogP contribution is 2.24. The SMILES string of the molecule is O=C(c1ccncc1)N1CC[C@@H](O)[C@H](Cc2ccccc2F)C1. The fourth-order valence-electron chi connectivity index (χ4n) is 3.03. The Morgan fingerprint density at radius 1 is 1.26 bits per heavy atom. The predicted octanol–water partition coefficient (Wildman–Crippen LogP) is 2.29. The molecule has 2 heterocycles. The van der Waals surface area contributed by atoms with Gasteiger partial charge in [-0.2, -0.15) is 0 Å². The first-order valence-corrected chi connectivity index (χ1v) is 7.76. The summed E-state index contributed by atoms with van der Waals surface area (Å²) in [5.41, 5.74) is 1.16. The molecule has 120 valence electrons. The fourth-order valence-corrected chi connectivity index (χ4v) is 3.03. The maximum atomic E-state index is 13.8. The van der Waals surface area contributed by atoms with Crippen molar-refractivity contribution in [1.29, 1.82) is 0 Å². The first-order chi connectivity index (χ1) is 11.1. The van der Waals surface area contributed by atoms with Gasteiger partial charge in [0, 0.05) is 37.0 Å². The molecule has 0 bridgehead atoms. The van der Waals surface area contributed by atoms with Crippen LogP contribution in [0, 0.1) is 11.7 Å². The average Bonchev–Trinajstić information content (AvgIpc) is 2.59. The molecule has 0 radical (unpaired) electrons. The van der Waals surface area contributed by atoms with Crippen molar-refractivity contribution in [2.75, 3.05) is 13.1 Å². The number of likely N-dealkylation sites (tertiary alicyclic amines) is 1. The van der Waals surface area contributed by atoms with Gasteiger partial charge in [0.05, 0.1) is 6.10 Å². The van der Waals surface area contributed by atoms with E-state index in [0.29, 0.717) is 37.1 Å². The zero-order valence-corrected chi connectivity index (χ0v) is 12.7. The van der Waals surface area contributed by atoms with Crippen molar-refractivity contribution in [3.8, 4) is 0 Å². The molecule has 1 N–H and O–H groups in total. The number of amides is 1. The third-order valence-electron chi connectivity index (χ3n) is 4.35. The minimum atomic E-state index is -0.518. The number of hydrogen-bond donors (Lipinski definition) is 1. The molecular weight excluding hydrogens is 295 g/mol. The quantitative estimate of drug-likeness (QED) is 0.946. The molecular formula is C18H19FN2O2. The minimum Gasteiger partial charge on any atom is -0.393 e. The van der Waals surface area contributed by atoms with E-state index in [0.717, 1.165) is 0 Å². The summed E-state index contributed by atoms with van der Waals surface area (Å²) >= 11 is 0. The van der Waals surface area contributed by atoms with E-state index < -0.39 is 6.10 Å². The smallest absolute Gasteiger partial charge is 0.253 e. The molecule has 1 aliphatic heterocycles. The van der Waals surface area contributed by atoms with Crippen LogP contribution >= 0.6 is 0 Å². The van der Waals surface area contributed by atoms with Crippen molar-refractivity contribution in [2.24, 2.45) is 5.92 Å². The molecule has 3 rings (SSSR count). The Bertz CT molecular complexity index is 678. The van der Waals surface area contributed by atoms with E-state index >= 15 is 0 Å². The van der Waals surface area contributed by atoms with Crippen molar-refractivity contribution < 1.29 is 14.3 Å². The van der Waals surface area contributed by atoms with Gasteiger partial charge in [-0.05, 0) is 36.6 Å². The fraction of sp³-hybridized carbons (Fsp3) is 0.333. The zero-order valence-electron chi connectivity index (χ0n) is 12.7. The first-order valence-electron chi connectivity index (χ1n) is 7.76. The molecule has 1 fully saturated rings. The lowest BCUT2D eigenvalue weighted by molar-refractivity contribution is 0.0239. The molecule has 1 saturated heterocycles. The summed E-state index contributed by atoms with van der Waals surface area (Å²) < 4.78 is 13.8. The summed E-state index contributed by atoms with van der Waals surface area (Å²) in [4.78, 5) is 18.2. The van der Waals surface area contributed by atoms with Crippen LogP contribution in [0.4, 0.5) is 4.39 Å². The maximum absolute atomic E-state index is 13.8. The largest absolute Gasteiger partial charge is 0.393 e. The van der Waals surface area contributed by atoms with Gasteiger partial charge in [0.2, 0.25) is 0 Å². The van der Waals surface area contributed by atoms with E-state index in [-0.39, 0.29) is 17.6 Å². The Balaban J connectivity index is 1.72. The van der Waals surface area contributed by atoms with Crippen LogP contribution in [0.5, 0.6) is 0 Å². The van der Waals surface area contributed by atoms with Crippen LogP contribution in [-0.2, 0) is 6.42 Å². The number of hydrogen-bond acceptors (Lipinski definition) is 3. The van der Waals surface area contributed by atoms with Crippen molar-refractivity contribution >= 4 is 5.91 Å². The van der Waals surface area contributed by atoms with Crippen LogP contribution in [0.2, 0.25) is 0 Å². The zero-order chi connectivity index (χ0) is 16.2. The predicted molar refractivity (Wildman–Crippen MR) is 84.4 cm³/mol. The molecule has 2 atom stereocenters. The van der Waals surface area contributed by atoms with Crippen LogP contribution in [0.3, 0.4) is 0 Å². The Hall–Kier alpha value is -2.27. The van der Waals surface area contributed by atoms with Crippen LogP contribution in [0.15, 0.2) is 48.8 Å². The van der Waals surface area contributed by atoms with Gasteiger partial charge in [0.1, 0.15) is 5.82 Å². The summed E-state index contributed by atoms with van der Waals surface area (Å²) in [6, 6.07) is 9.94. The van der Waals surface area contributed by atoms with Crippen molar-refractivity contribution in [2.45, 2.75) is 18.9 Å². The number of piperidine rings is 1. The van der Waals surface area contributed by atoms with Gasteiger partial charge in [0.15, 0.2) is 0 Å². The number of nitrogens with zero attached hydrogens (tertiary/aromatic N) is 2. The second-order valence-electron chi connectivity index (χ2n) is 5.90. The number of carbonyl (C=O) groups is 1. The van der Waals surface area contributed by atoms with E-state index in [2.05, 4.69) is 4.98 Å². The number of carbonyl (C=O) groups excluding carboxylic acids is 1. The highest BCUT2D eigenvalue weighted by Gasteiger charge is 2.31. The highest BCUT2D eigenvalue weighted by atomic mass is 19.1. The van der Waals surface area contributed by atoms with Crippen molar-refractivity contribution in [3.63, 3.8) is 0 Å². The Morgan fingerprint density at radius 2 is 2.00 bits per heavy atom. The van der Waals surface area contributed by atoms with Gasteiger partial charge in [0.25, 0.3) is 5.91 Å². The first kappa shape index (κ1) is 15.6. The van der Waals surface area contributed by atoms with Crippen molar-refractivity contribution in [3.05, 3.63) is 65.7 Å². The molecule has 2 aromatic rings. The summed E-state index contributed by atoms with van der Waals surface area (Å²) in [7, 11) is 0. The summed E-state index contributed by atoms with van der Waals surface area (Å²) in [6.45, 7) is 0.937. The lowest BCUT2D eigenvalue weighted by Gasteiger charge is -2.36. The van der Waals surface area contributed by atoms with Crippen LogP contribution in [0.1, 0.15) is 22.3 Å². The standard InChI is InChI=1S/C18H19FN2O2/c19-16-4-2-1-3-14(16)11-15-12-21(10-7-17(15)22)18(23)13-5-8-20-9-6-13/h1-6,8-9,15,17,22H,7,10-12H2/t15-,17-/m1/s1. The molecule has 4 nitrogen and oxygen atoms in total. The molecule has 5 heteroatoms. The topological polar surface area (TPSA) is 53.4 Å². The maximum Gasteiger partial charge on any atom is 0.253 e. The lowest BCUT2D eigenvalue weighted by atomic mass is 9.88. The molecule has 0 unspecified atom stereocenters. The number of aliphatic hydroxyl groups excluding tert-OH is 1. The van der Waals surface area contributed by atoms with E-state index in [1.165, 1.54) is 6.07 Å². The minimum absolute atomic E-state index is 0.0715. The average molecular weight is 314 g/mol. The second-order valence-corrected chi connectivity index (χ2v) is 5.90. The number of halogens is 1. The summed E-state index contributed by atoms with van der Waals surface area (Å²) in [6.07, 6.45) is 3.59. The number of aliphatic hydroxyl groups is 1. The second kappa shape index (κ2) is 6.87. The number of benzene rings is 1. The van der Waals surface area contributed by atoms with E-state index in [4.69, 9.17) is 0 Å². The van der Waals surface area contributed by atoms with Gasteiger partial charge in [-0.3, -0.25) is 9.78 Å². The Labute approximate surface area is 134 Å². The molecule has 0 spiro atoms. The number of pyridine rings is 1. The Kier molecular flexibility index (Phi) is 4.67. The third kappa shape index (κ3) is 3.56. The van der Waals surface area contributed by atoms with E-state index in [9.17, 15) is 14.3 Å². The monoisotopic (exact) mass is 314 g/mol. The highest BCUT2D eigenvalue weighted by molar-refractivity contribution is 5.94. The van der Waals surface area contributed by atoms with Gasteiger partial charge >= 0.3 is 0 Å². The lowest BCUT2D eigenvalue weighted by Crippen LogP contribution is -2.46. The van der Waals surface area contributed by atoms with E-state index in [1.54, 1.807) is 47.6 Å². The van der Waals surface area contributed by atoms with Gasteiger partial charge in [-0.25, -0.2) is 4.39 Å². The van der Waals surface area contributed by atoms with Gasteiger partial charge in [-0.1, -0.05) is 18.2 Å². The molecule has 1 aliphatic rings. The summed E-state index contributed by atoms with van der Waals surface area (Å²) in [5.74, 6) is -0.499. The van der Waals surface area contributed by atoms with Crippen molar-refractivity contribution in [1.82, 2.24) is 9.88 Å². The number of rotatable bonds is 3. The van der Waals surface area contributed by atoms with E-state index in [1.807, 2.05) is 0 Å². The van der Waals surface area contributed by atoms with Gasteiger partial charge < -0.3 is 10.0 Å². The van der Waals surface area contributed by atoms with Crippen LogP contribution in [0.25, 0.3) is 0 Å². The molecule has 1 aromatic carbocycles. The van der Waals surface area contributed by atoms with Crippen LogP contribution < -0.4 is 0 Å². The Morgan fingerprint density at radius 3 is 2.74 bits per heavy atom. The normalized spacial score (nSPS) is 21.2. The molecule has 1 aromatic heterocycles.